The molecular formula is C96H90N10O18S4. The Morgan fingerprint density at radius 2 is 0.703 bits per heavy atom. The molecule has 0 saturated carbocycles. The first-order chi connectivity index (χ1) is 62.5. The van der Waals surface area contributed by atoms with E-state index in [2.05, 4.69) is 48.2 Å². The molecule has 0 bridgehead atoms. The van der Waals surface area contributed by atoms with Crippen molar-refractivity contribution in [3.63, 3.8) is 0 Å². The van der Waals surface area contributed by atoms with E-state index in [1.54, 1.807) is 136 Å². The van der Waals surface area contributed by atoms with Gasteiger partial charge in [0.25, 0.3) is 23.6 Å². The molecule has 14 heterocycles. The number of fused-ring (bicyclic) bond motifs is 8. The molecule has 0 spiro atoms. The summed E-state index contributed by atoms with van der Waals surface area (Å²) in [4.78, 5) is 118. The number of hydrogen-bond acceptors (Lipinski definition) is 26. The lowest BCUT2D eigenvalue weighted by Gasteiger charge is -2.40. The Kier molecular flexibility index (Phi) is 26.2. The number of nitrogens with zero attached hydrogens (tertiary/aromatic N) is 10. The lowest BCUT2D eigenvalue weighted by molar-refractivity contribution is 0.0175. The Morgan fingerprint density at radius 3 is 1.02 bits per heavy atom. The second-order valence-electron chi connectivity index (χ2n) is 30.5. The quantitative estimate of drug-likeness (QED) is 0.0455. The Hall–Kier alpha value is -13.5. The Labute approximate surface area is 754 Å². The van der Waals surface area contributed by atoms with Crippen LogP contribution in [0.2, 0.25) is 0 Å². The number of aromatic nitrogens is 2. The van der Waals surface area contributed by atoms with Gasteiger partial charge < -0.3 is 76.4 Å². The lowest BCUT2D eigenvalue weighted by Crippen LogP contribution is -2.55. The van der Waals surface area contributed by atoms with Gasteiger partial charge in [-0.3, -0.25) is 39.1 Å². The number of pyridine rings is 2. The summed E-state index contributed by atoms with van der Waals surface area (Å²) in [6.07, 6.45) is 13.9. The number of hydrogen-bond donors (Lipinski definition) is 0. The number of carbonyl (C=O) groups excluding carboxylic acids is 6. The molecule has 18 rings (SSSR count). The van der Waals surface area contributed by atoms with Crippen LogP contribution in [0.15, 0.2) is 215 Å². The molecule has 0 radical (unpaired) electrons. The van der Waals surface area contributed by atoms with Crippen molar-refractivity contribution in [2.24, 2.45) is 9.98 Å². The molecule has 0 N–H and O–H groups in total. The minimum atomic E-state index is -0.936. The van der Waals surface area contributed by atoms with Crippen LogP contribution in [0.1, 0.15) is 109 Å². The summed E-state index contributed by atoms with van der Waals surface area (Å²) in [7, 11) is 9.04. The molecule has 6 amide bonds. The minimum absolute atomic E-state index is 0.0560. The van der Waals surface area contributed by atoms with E-state index in [4.69, 9.17) is 76.8 Å². The number of amides is 6. The second kappa shape index (κ2) is 38.8. The van der Waals surface area contributed by atoms with Crippen molar-refractivity contribution in [1.82, 2.24) is 29.6 Å². The molecule has 0 fully saturated rings. The van der Waals surface area contributed by atoms with Gasteiger partial charge in [0.15, 0.2) is 58.5 Å². The summed E-state index contributed by atoms with van der Waals surface area (Å²) in [5.41, 5.74) is 9.76. The van der Waals surface area contributed by atoms with Crippen LogP contribution in [-0.2, 0) is 45.4 Å². The van der Waals surface area contributed by atoms with E-state index in [9.17, 15) is 28.8 Å². The summed E-state index contributed by atoms with van der Waals surface area (Å²) < 4.78 is 71.5. The van der Waals surface area contributed by atoms with E-state index in [-0.39, 0.29) is 121 Å². The fourth-order valence-electron chi connectivity index (χ4n) is 16.9. The van der Waals surface area contributed by atoms with Gasteiger partial charge in [-0.1, -0.05) is 86.0 Å². The molecule has 10 aromatic rings. The number of ether oxygens (including phenoxy) is 12. The molecule has 8 aliphatic heterocycles. The maximum Gasteiger partial charge on any atom is 0.416 e. The van der Waals surface area contributed by atoms with Crippen molar-refractivity contribution in [3.8, 4) is 46.0 Å². The zero-order valence-corrected chi connectivity index (χ0v) is 74.1. The highest BCUT2D eigenvalue weighted by Gasteiger charge is 2.49. The zero-order valence-electron chi connectivity index (χ0n) is 70.9. The highest BCUT2D eigenvalue weighted by molar-refractivity contribution is 7.12. The molecule has 6 aromatic heterocycles. The first-order valence-electron chi connectivity index (χ1n) is 41.3. The number of benzene rings is 4. The van der Waals surface area contributed by atoms with Crippen LogP contribution in [-0.4, -0.2) is 196 Å². The van der Waals surface area contributed by atoms with Gasteiger partial charge in [0.1, 0.15) is 39.6 Å². The molecule has 28 nitrogen and oxygen atoms in total. The topological polar surface area (TPSA) is 283 Å². The van der Waals surface area contributed by atoms with Crippen molar-refractivity contribution in [2.45, 2.75) is 88.7 Å². The van der Waals surface area contributed by atoms with E-state index >= 15 is 0 Å². The second-order valence-corrected chi connectivity index (χ2v) is 34.3. The predicted molar refractivity (Wildman–Crippen MR) is 491 cm³/mol. The number of methoxy groups -OCH3 is 6. The van der Waals surface area contributed by atoms with Crippen molar-refractivity contribution in [3.05, 3.63) is 269 Å². The highest BCUT2D eigenvalue weighted by atomic mass is 32.1. The molecule has 128 heavy (non-hydrogen) atoms. The first kappa shape index (κ1) is 86.6. The van der Waals surface area contributed by atoms with Crippen LogP contribution < -0.4 is 47.7 Å². The molecule has 32 heteroatoms. The average Bonchev–Trinajstić information content (AvgIpc) is 1.60. The summed E-state index contributed by atoms with van der Waals surface area (Å²) in [5, 5.41) is 8.12. The number of aliphatic imine (C=N–C) groups is 2. The Bertz CT molecular complexity index is 5730. The number of carbonyl (C=O) groups is 6. The summed E-state index contributed by atoms with van der Waals surface area (Å²) in [6, 6.07) is 39.1. The van der Waals surface area contributed by atoms with Crippen molar-refractivity contribution in [1.29, 1.82) is 0 Å². The van der Waals surface area contributed by atoms with E-state index in [1.165, 1.54) is 71.3 Å². The molecule has 4 aromatic carbocycles. The third-order valence-electron chi connectivity index (χ3n) is 23.1. The molecule has 0 aliphatic carbocycles. The predicted octanol–water partition coefficient (Wildman–Crippen LogP) is 17.6. The largest absolute Gasteiger partial charge is 0.493 e. The summed E-state index contributed by atoms with van der Waals surface area (Å²) in [5.74, 6) is 1.92. The van der Waals surface area contributed by atoms with Crippen LogP contribution >= 0.6 is 45.3 Å². The third kappa shape index (κ3) is 17.8. The van der Waals surface area contributed by atoms with Gasteiger partial charge in [-0.05, 0) is 142 Å². The van der Waals surface area contributed by atoms with Crippen molar-refractivity contribution < 1.29 is 85.6 Å². The number of rotatable bonds is 26. The molecule has 0 saturated heterocycles. The molecule has 2 unspecified atom stereocenters. The van der Waals surface area contributed by atoms with Gasteiger partial charge in [-0.25, -0.2) is 19.4 Å². The van der Waals surface area contributed by atoms with Crippen LogP contribution in [0.4, 0.5) is 32.3 Å². The van der Waals surface area contributed by atoms with E-state index in [1.807, 2.05) is 99.7 Å². The fourth-order valence-corrected chi connectivity index (χ4v) is 20.0. The average molecular weight is 1800 g/mol. The minimum Gasteiger partial charge on any atom is -0.493 e. The molecular weight excluding hydrogens is 1710 g/mol. The smallest absolute Gasteiger partial charge is 0.416 e. The van der Waals surface area contributed by atoms with Crippen LogP contribution in [0.5, 0.6) is 46.0 Å². The normalized spacial score (nSPS) is 18.9. The summed E-state index contributed by atoms with van der Waals surface area (Å²) >= 11 is 6.60. The maximum absolute atomic E-state index is 14.5. The third-order valence-corrected chi connectivity index (χ3v) is 26.9. The van der Waals surface area contributed by atoms with Crippen LogP contribution in [0, 0.1) is 0 Å². The van der Waals surface area contributed by atoms with E-state index in [0.717, 1.165) is 20.9 Å². The lowest BCUT2D eigenvalue weighted by atomic mass is 9.97. The molecule has 6 atom stereocenters. The number of anilines is 2. The molecule has 656 valence electrons. The van der Waals surface area contributed by atoms with Gasteiger partial charge in [-0.15, -0.1) is 45.3 Å². The fraction of sp³-hybridized carbons (Fsp3) is 0.271. The van der Waals surface area contributed by atoms with E-state index < -0.39 is 36.7 Å². The van der Waals surface area contributed by atoms with Crippen LogP contribution in [0.25, 0.3) is 22.3 Å². The van der Waals surface area contributed by atoms with Gasteiger partial charge >= 0.3 is 12.2 Å². The number of thiophene rings is 4. The maximum atomic E-state index is 14.5. The van der Waals surface area contributed by atoms with E-state index in [0.29, 0.717) is 120 Å². The highest BCUT2D eigenvalue weighted by Crippen LogP contribution is 2.48. The monoisotopic (exact) mass is 1800 g/mol. The van der Waals surface area contributed by atoms with Gasteiger partial charge in [0.05, 0.1) is 120 Å². The van der Waals surface area contributed by atoms with Crippen LogP contribution in [0.3, 0.4) is 0 Å². The molecule has 8 aliphatic rings. The van der Waals surface area contributed by atoms with Gasteiger partial charge in [0.2, 0.25) is 0 Å². The Morgan fingerprint density at radius 1 is 0.391 bits per heavy atom. The summed E-state index contributed by atoms with van der Waals surface area (Å²) in [6.45, 7) is 9.04. The van der Waals surface area contributed by atoms with Crippen molar-refractivity contribution >= 4 is 139 Å². The van der Waals surface area contributed by atoms with Gasteiger partial charge in [0, 0.05) is 96.6 Å². The van der Waals surface area contributed by atoms with Crippen molar-refractivity contribution in [2.75, 3.05) is 91.9 Å². The first-order valence-corrected chi connectivity index (χ1v) is 44.8. The SMILES string of the molecule is C=CCOC(=O)N1c2cc(OCc3cccc(COc4cc5c(cc4OC)C(=O)N4CC=C(c6cccs6)C[C@H]4C(OC)N5C(=O)OCC=C)n3)c(OC)cc2C(=O)N2CC=C(c3cccs3)C[C@H]2C1OC.COc1cc2c(cc1OCc1cccc(COc3cc4c(cc3OC)C(=O)N3CC=C(c5cccs5)C[C@H]3C=N4)n1)N=C[C@@H]1CC(c3cccs3)=CCN1C2=O. The zero-order chi connectivity index (χ0) is 88.6. The van der Waals surface area contributed by atoms with Gasteiger partial charge in [-0.2, -0.15) is 0 Å². The Balaban J connectivity index is 0.000000185. The standard InChI is InChI=1S/C53H53N5O12S2.C43H37N5O6S2/c1-7-20-67-52(61)57-38-28-44(42(63-3)26-36(38)48(59)55-18-16-32(46-14-10-22-71-46)24-40(55)50(57)65-5)69-30-34-12-9-13-35(54-34)31-70-45-29-39-37(27-43(45)64-4)49(60)56-19-17-33(47-15-11-23-72-47)25-41(56)51(66-6)58(39)53(62)68-21-8-2;1-51-36-18-32-34(44-22-30-16-26(40-8-4-14-55-40)10-12-47(30)42(32)49)20-38(36)53-24-28-6-3-7-29(46-28)25-54-39-21-35-33(19-37(39)52-2)43(50)48-13-11-27(17-31(48)23-45-35)41-9-5-15-56-41/h7-17,22-23,26-29,40-41,50-51H,1-2,18-21,24-25,30-31H2,3-6H3;3-11,14-15,18-23,30-31H,12-13,16-17,24-25H2,1-2H3/t40-,41-,50?,51?;30-,31-/m00/s1.